The average molecular weight is 349 g/mol. The van der Waals surface area contributed by atoms with Crippen molar-refractivity contribution in [1.29, 1.82) is 0 Å². The van der Waals surface area contributed by atoms with E-state index in [-0.39, 0.29) is 5.91 Å². The molecule has 1 fully saturated rings. The molecule has 5 heteroatoms. The zero-order valence-electron chi connectivity index (χ0n) is 9.92. The van der Waals surface area contributed by atoms with E-state index in [2.05, 4.69) is 21.2 Å². The Kier molecular flexibility index (Phi) is 5.39. The molecule has 0 bridgehead atoms. The summed E-state index contributed by atoms with van der Waals surface area (Å²) in [5.41, 5.74) is 0.615. The molecule has 1 atom stereocenters. The Morgan fingerprint density at radius 1 is 1.50 bits per heavy atom. The molecule has 1 aliphatic heterocycles. The van der Waals surface area contributed by atoms with Crippen molar-refractivity contribution in [1.82, 2.24) is 5.32 Å². The summed E-state index contributed by atoms with van der Waals surface area (Å²) in [4.78, 5) is 12.0. The first-order chi connectivity index (χ1) is 8.66. The van der Waals surface area contributed by atoms with Gasteiger partial charge in [0.2, 0.25) is 0 Å². The van der Waals surface area contributed by atoms with Crippen LogP contribution < -0.4 is 5.32 Å². The predicted molar refractivity (Wildman–Crippen MR) is 81.6 cm³/mol. The average Bonchev–Trinajstić information content (AvgIpc) is 2.40. The van der Waals surface area contributed by atoms with E-state index in [1.807, 2.05) is 11.8 Å². The van der Waals surface area contributed by atoms with E-state index in [1.54, 1.807) is 18.2 Å². The van der Waals surface area contributed by atoms with Crippen molar-refractivity contribution >= 4 is 45.2 Å². The smallest absolute Gasteiger partial charge is 0.251 e. The van der Waals surface area contributed by atoms with Gasteiger partial charge in [-0.15, -0.1) is 0 Å². The number of hydrogen-bond donors (Lipinski definition) is 1. The predicted octanol–water partition coefficient (Wildman–Crippen LogP) is 4.12. The number of rotatable bonds is 3. The van der Waals surface area contributed by atoms with Crippen molar-refractivity contribution in [3.05, 3.63) is 33.3 Å². The van der Waals surface area contributed by atoms with Gasteiger partial charge in [0.25, 0.3) is 5.91 Å². The van der Waals surface area contributed by atoms with Crippen LogP contribution in [0.5, 0.6) is 0 Å². The highest BCUT2D eigenvalue weighted by atomic mass is 79.9. The number of carbonyl (C=O) groups excluding carboxylic acids is 1. The number of carbonyl (C=O) groups is 1. The topological polar surface area (TPSA) is 29.1 Å². The van der Waals surface area contributed by atoms with E-state index < -0.39 is 0 Å². The van der Waals surface area contributed by atoms with Crippen LogP contribution in [0.25, 0.3) is 0 Å². The van der Waals surface area contributed by atoms with Gasteiger partial charge in [-0.2, -0.15) is 11.8 Å². The molecule has 1 saturated heterocycles. The van der Waals surface area contributed by atoms with Crippen LogP contribution in [0.15, 0.2) is 22.7 Å². The molecule has 1 N–H and O–H groups in total. The first kappa shape index (κ1) is 14.2. The zero-order chi connectivity index (χ0) is 13.0. The molecule has 1 amide bonds. The lowest BCUT2D eigenvalue weighted by molar-refractivity contribution is 0.0953. The molecule has 1 heterocycles. The molecular weight excluding hydrogens is 334 g/mol. The van der Waals surface area contributed by atoms with E-state index >= 15 is 0 Å². The van der Waals surface area contributed by atoms with Gasteiger partial charge in [-0.25, -0.2) is 0 Å². The molecule has 2 rings (SSSR count). The van der Waals surface area contributed by atoms with Gasteiger partial charge in [-0.1, -0.05) is 18.0 Å². The third-order valence-electron chi connectivity index (χ3n) is 2.95. The molecule has 2 nitrogen and oxygen atoms in total. The molecule has 1 unspecified atom stereocenters. The first-order valence-corrected chi connectivity index (χ1v) is 8.23. The molecular formula is C13H15BrClNOS. The van der Waals surface area contributed by atoms with Gasteiger partial charge in [0, 0.05) is 21.8 Å². The second kappa shape index (κ2) is 6.83. The largest absolute Gasteiger partial charge is 0.351 e. The highest BCUT2D eigenvalue weighted by molar-refractivity contribution is 9.10. The standard InChI is InChI=1S/C13H15BrClNOS/c14-11-5-4-9(7-12(11)15)13(17)16-8-10-3-1-2-6-18-10/h4-5,7,10H,1-3,6,8H2,(H,16,17). The molecule has 98 valence electrons. The molecule has 18 heavy (non-hydrogen) atoms. The Bertz CT molecular complexity index is 435. The number of nitrogens with one attached hydrogen (secondary N) is 1. The van der Waals surface area contributed by atoms with Gasteiger partial charge in [-0.05, 0) is 52.7 Å². The lowest BCUT2D eigenvalue weighted by Crippen LogP contribution is -2.31. The summed E-state index contributed by atoms with van der Waals surface area (Å²) >= 11 is 11.2. The fourth-order valence-electron chi connectivity index (χ4n) is 1.91. The van der Waals surface area contributed by atoms with Gasteiger partial charge in [0.1, 0.15) is 0 Å². The van der Waals surface area contributed by atoms with E-state index in [9.17, 15) is 4.79 Å². The number of thioether (sulfide) groups is 1. The van der Waals surface area contributed by atoms with Crippen LogP contribution in [0.3, 0.4) is 0 Å². The fraction of sp³-hybridized carbons (Fsp3) is 0.462. The Labute approximate surface area is 125 Å². The second-order valence-corrected chi connectivity index (χ2v) is 7.00. The highest BCUT2D eigenvalue weighted by Gasteiger charge is 2.15. The lowest BCUT2D eigenvalue weighted by atomic mass is 10.1. The minimum absolute atomic E-state index is 0.0458. The number of hydrogen-bond acceptors (Lipinski definition) is 2. The Morgan fingerprint density at radius 3 is 3.00 bits per heavy atom. The quantitative estimate of drug-likeness (QED) is 0.890. The van der Waals surface area contributed by atoms with Crippen LogP contribution >= 0.6 is 39.3 Å². The molecule has 0 spiro atoms. The van der Waals surface area contributed by atoms with Gasteiger partial charge in [-0.3, -0.25) is 4.79 Å². The Balaban J connectivity index is 1.88. The van der Waals surface area contributed by atoms with E-state index in [1.165, 1.54) is 25.0 Å². The van der Waals surface area contributed by atoms with Crippen molar-refractivity contribution in [2.24, 2.45) is 0 Å². The minimum atomic E-state index is -0.0458. The summed E-state index contributed by atoms with van der Waals surface area (Å²) in [5.74, 6) is 1.17. The SMILES string of the molecule is O=C(NCC1CCCCS1)c1ccc(Br)c(Cl)c1. The van der Waals surface area contributed by atoms with Crippen molar-refractivity contribution < 1.29 is 4.79 Å². The maximum absolute atomic E-state index is 12.0. The third kappa shape index (κ3) is 3.90. The van der Waals surface area contributed by atoms with E-state index in [0.717, 1.165) is 11.0 Å². The summed E-state index contributed by atoms with van der Waals surface area (Å²) in [6.45, 7) is 0.747. The zero-order valence-corrected chi connectivity index (χ0v) is 13.1. The first-order valence-electron chi connectivity index (χ1n) is 6.01. The van der Waals surface area contributed by atoms with Gasteiger partial charge < -0.3 is 5.32 Å². The van der Waals surface area contributed by atoms with E-state index in [4.69, 9.17) is 11.6 Å². The van der Waals surface area contributed by atoms with Crippen LogP contribution in [-0.2, 0) is 0 Å². The second-order valence-electron chi connectivity index (χ2n) is 4.33. The molecule has 0 aliphatic carbocycles. The van der Waals surface area contributed by atoms with Crippen molar-refractivity contribution in [2.75, 3.05) is 12.3 Å². The number of benzene rings is 1. The molecule has 0 saturated carbocycles. The maximum atomic E-state index is 12.0. The number of amides is 1. The fourth-order valence-corrected chi connectivity index (χ4v) is 3.58. The third-order valence-corrected chi connectivity index (χ3v) is 5.58. The maximum Gasteiger partial charge on any atom is 0.251 e. The Hall–Kier alpha value is -0.190. The van der Waals surface area contributed by atoms with Gasteiger partial charge >= 0.3 is 0 Å². The molecule has 1 aromatic rings. The van der Waals surface area contributed by atoms with Crippen molar-refractivity contribution in [3.8, 4) is 0 Å². The summed E-state index contributed by atoms with van der Waals surface area (Å²) in [6.07, 6.45) is 3.78. The monoisotopic (exact) mass is 347 g/mol. The van der Waals surface area contributed by atoms with Gasteiger partial charge in [0.05, 0.1) is 5.02 Å². The summed E-state index contributed by atoms with van der Waals surface area (Å²) in [5, 5.41) is 4.11. The van der Waals surface area contributed by atoms with Gasteiger partial charge in [0.15, 0.2) is 0 Å². The normalized spacial score (nSPS) is 19.6. The van der Waals surface area contributed by atoms with Crippen LogP contribution in [0.4, 0.5) is 0 Å². The highest BCUT2D eigenvalue weighted by Crippen LogP contribution is 2.25. The Morgan fingerprint density at radius 2 is 2.33 bits per heavy atom. The molecule has 1 aliphatic rings. The molecule has 1 aromatic carbocycles. The van der Waals surface area contributed by atoms with Crippen molar-refractivity contribution in [2.45, 2.75) is 24.5 Å². The minimum Gasteiger partial charge on any atom is -0.351 e. The summed E-state index contributed by atoms with van der Waals surface area (Å²) < 4.78 is 0.809. The lowest BCUT2D eigenvalue weighted by Gasteiger charge is -2.21. The van der Waals surface area contributed by atoms with Crippen LogP contribution in [0.1, 0.15) is 29.6 Å². The van der Waals surface area contributed by atoms with Crippen molar-refractivity contribution in [3.63, 3.8) is 0 Å². The van der Waals surface area contributed by atoms with Crippen LogP contribution in [-0.4, -0.2) is 23.5 Å². The summed E-state index contributed by atoms with van der Waals surface area (Å²) in [7, 11) is 0. The number of halogens is 2. The van der Waals surface area contributed by atoms with E-state index in [0.29, 0.717) is 15.8 Å². The summed E-state index contributed by atoms with van der Waals surface area (Å²) in [6, 6.07) is 5.26. The molecule has 0 aromatic heterocycles. The van der Waals surface area contributed by atoms with Crippen LogP contribution in [0.2, 0.25) is 5.02 Å². The van der Waals surface area contributed by atoms with Crippen LogP contribution in [0, 0.1) is 0 Å². The molecule has 0 radical (unpaired) electrons.